The van der Waals surface area contributed by atoms with Crippen LogP contribution in [0.4, 0.5) is 0 Å². The molecule has 3 nitrogen and oxygen atoms in total. The van der Waals surface area contributed by atoms with E-state index >= 15 is 0 Å². The van der Waals surface area contributed by atoms with Crippen molar-refractivity contribution in [2.24, 2.45) is 0 Å². The molecule has 230 valence electrons. The predicted octanol–water partition coefficient (Wildman–Crippen LogP) is 11.2. The molecule has 0 aliphatic heterocycles. The van der Waals surface area contributed by atoms with Crippen LogP contribution in [0.5, 0.6) is 0 Å². The fourth-order valence-corrected chi connectivity index (χ4v) is 9.54. The Bertz CT molecular complexity index is 2570. The van der Waals surface area contributed by atoms with E-state index in [0.29, 0.717) is 0 Å². The van der Waals surface area contributed by atoms with Gasteiger partial charge in [-0.05, 0) is 0 Å². The molecule has 0 atom stereocenters. The number of aromatic nitrogens is 3. The van der Waals surface area contributed by atoms with Gasteiger partial charge < -0.3 is 0 Å². The van der Waals surface area contributed by atoms with Gasteiger partial charge in [-0.3, -0.25) is 0 Å². The summed E-state index contributed by atoms with van der Waals surface area (Å²) in [5, 5.41) is 15.6. The number of rotatable bonds is 6. The van der Waals surface area contributed by atoms with Gasteiger partial charge in [0.25, 0.3) is 0 Å². The summed E-state index contributed by atoms with van der Waals surface area (Å²) < 4.78 is 2.80. The van der Waals surface area contributed by atoms with E-state index in [1.807, 2.05) is 6.07 Å². The van der Waals surface area contributed by atoms with Gasteiger partial charge in [0.05, 0.1) is 0 Å². The maximum atomic E-state index is 4.72. The number of nitrogens with zero attached hydrogens (tertiary/aromatic N) is 3. The van der Waals surface area contributed by atoms with Crippen LogP contribution < -0.4 is 0 Å². The summed E-state index contributed by atoms with van der Waals surface area (Å²) in [5.41, 5.74) is 13.5. The summed E-state index contributed by atoms with van der Waals surface area (Å²) in [4.78, 5) is 0. The van der Waals surface area contributed by atoms with Crippen molar-refractivity contribution in [1.29, 1.82) is 0 Å². The fraction of sp³-hybridized carbons (Fsp3) is 0. The molecule has 0 aliphatic carbocycles. The zero-order chi connectivity index (χ0) is 32.6. The first kappa shape index (κ1) is 29.2. The van der Waals surface area contributed by atoms with Gasteiger partial charge in [0, 0.05) is 0 Å². The molecule has 0 saturated heterocycles. The van der Waals surface area contributed by atoms with Gasteiger partial charge in [0.1, 0.15) is 0 Å². The normalized spacial score (nSPS) is 11.3. The van der Waals surface area contributed by atoms with Crippen LogP contribution in [-0.2, 0) is 0 Å². The molecule has 0 radical (unpaired) electrons. The van der Waals surface area contributed by atoms with Crippen molar-refractivity contribution in [1.82, 2.24) is 15.4 Å². The Kier molecular flexibility index (Phi) is 7.51. The molecule has 0 fully saturated rings. The Morgan fingerprint density at radius 2 is 0.918 bits per heavy atom. The second kappa shape index (κ2) is 12.6. The summed E-state index contributed by atoms with van der Waals surface area (Å²) in [6.07, 6.45) is 1.75. The third kappa shape index (κ3) is 5.19. The molecular formula is C45H29N3Se. The average molecular weight is 691 g/mol. The van der Waals surface area contributed by atoms with E-state index in [-0.39, 0.29) is 14.5 Å². The molecule has 2 heterocycles. The van der Waals surface area contributed by atoms with Crippen molar-refractivity contribution in [3.8, 4) is 66.9 Å². The number of benzene rings is 7. The third-order valence-corrected chi connectivity index (χ3v) is 11.5. The average Bonchev–Trinajstić information content (AvgIpc) is 3.57. The van der Waals surface area contributed by atoms with Crippen LogP contribution >= 0.6 is 0 Å². The SMILES string of the molecule is c1ccc(-c2ccc(-c3c(-c4ccccc4)c(-c4ccccc4)cc4[se]c5ccccc5c34)c(-c3ccnnn3)c2-c2ccccc2)cc1. The molecular weight excluding hydrogens is 661 g/mol. The van der Waals surface area contributed by atoms with Gasteiger partial charge in [0.2, 0.25) is 0 Å². The zero-order valence-corrected chi connectivity index (χ0v) is 28.2. The van der Waals surface area contributed by atoms with Gasteiger partial charge in [-0.1, -0.05) is 0 Å². The number of hydrogen-bond donors (Lipinski definition) is 0. The van der Waals surface area contributed by atoms with E-state index in [0.717, 1.165) is 39.1 Å². The van der Waals surface area contributed by atoms with E-state index in [1.165, 1.54) is 47.1 Å². The third-order valence-electron chi connectivity index (χ3n) is 9.20. The summed E-state index contributed by atoms with van der Waals surface area (Å²) in [7, 11) is 0. The van der Waals surface area contributed by atoms with Crippen LogP contribution in [0.3, 0.4) is 0 Å². The minimum absolute atomic E-state index is 0.155. The summed E-state index contributed by atoms with van der Waals surface area (Å²) in [6.45, 7) is 0. The molecule has 4 heteroatoms. The Labute approximate surface area is 290 Å². The van der Waals surface area contributed by atoms with Crippen LogP contribution in [0.1, 0.15) is 0 Å². The summed E-state index contributed by atoms with van der Waals surface area (Å²) in [6, 6.07) is 61.0. The molecule has 0 aliphatic rings. The molecule has 0 saturated carbocycles. The van der Waals surface area contributed by atoms with Crippen LogP contribution in [0.15, 0.2) is 176 Å². The number of fused-ring (bicyclic) bond motifs is 3. The first-order chi connectivity index (χ1) is 24.3. The molecule has 9 aromatic rings. The van der Waals surface area contributed by atoms with Crippen molar-refractivity contribution in [3.63, 3.8) is 0 Å². The molecule has 0 N–H and O–H groups in total. The Hall–Kier alpha value is -5.93. The van der Waals surface area contributed by atoms with Crippen molar-refractivity contribution < 1.29 is 0 Å². The topological polar surface area (TPSA) is 38.7 Å². The second-order valence-corrected chi connectivity index (χ2v) is 14.3. The van der Waals surface area contributed by atoms with Crippen molar-refractivity contribution in [3.05, 3.63) is 176 Å². The molecule has 0 amide bonds. The van der Waals surface area contributed by atoms with Gasteiger partial charge in [0.15, 0.2) is 0 Å². The molecule has 0 unspecified atom stereocenters. The Morgan fingerprint density at radius 3 is 1.53 bits per heavy atom. The van der Waals surface area contributed by atoms with E-state index in [9.17, 15) is 0 Å². The summed E-state index contributed by atoms with van der Waals surface area (Å²) in [5.74, 6) is 0. The molecule has 0 bridgehead atoms. The van der Waals surface area contributed by atoms with Gasteiger partial charge >= 0.3 is 292 Å². The minimum atomic E-state index is 0.155. The molecule has 0 spiro atoms. The van der Waals surface area contributed by atoms with Crippen molar-refractivity contribution in [2.45, 2.75) is 0 Å². The molecule has 2 aromatic heterocycles. The van der Waals surface area contributed by atoms with E-state index in [1.54, 1.807) is 6.20 Å². The number of hydrogen-bond acceptors (Lipinski definition) is 3. The van der Waals surface area contributed by atoms with Gasteiger partial charge in [-0.2, -0.15) is 0 Å². The monoisotopic (exact) mass is 691 g/mol. The van der Waals surface area contributed by atoms with E-state index in [2.05, 4.69) is 174 Å². The van der Waals surface area contributed by atoms with Crippen molar-refractivity contribution >= 4 is 33.8 Å². The van der Waals surface area contributed by atoms with Crippen LogP contribution in [0, 0.1) is 0 Å². The standard InChI is InChI=1S/C45H29N3Se/c1-5-15-30(16-6-1)34-25-26-36(43(38-27-28-46-48-47-38)41(34)32-19-9-3-10-20-32)45-42(33-21-11-4-12-22-33)37(31-17-7-2-8-18-31)29-40-44(45)35-23-13-14-24-39(35)49-40/h1-29H. The Morgan fingerprint density at radius 1 is 0.388 bits per heavy atom. The summed E-state index contributed by atoms with van der Waals surface area (Å²) >= 11 is 0.155. The van der Waals surface area contributed by atoms with E-state index in [4.69, 9.17) is 5.10 Å². The first-order valence-electron chi connectivity index (χ1n) is 16.4. The van der Waals surface area contributed by atoms with Gasteiger partial charge in [-0.15, -0.1) is 0 Å². The van der Waals surface area contributed by atoms with Crippen LogP contribution in [0.25, 0.3) is 86.2 Å². The second-order valence-electron chi connectivity index (χ2n) is 12.0. The first-order valence-corrected chi connectivity index (χ1v) is 18.1. The molecule has 7 aromatic carbocycles. The molecule has 9 rings (SSSR count). The molecule has 49 heavy (non-hydrogen) atoms. The van der Waals surface area contributed by atoms with E-state index < -0.39 is 0 Å². The maximum absolute atomic E-state index is 4.72. The predicted molar refractivity (Wildman–Crippen MR) is 204 cm³/mol. The van der Waals surface area contributed by atoms with Crippen LogP contribution in [0.2, 0.25) is 0 Å². The quantitative estimate of drug-likeness (QED) is 0.163. The van der Waals surface area contributed by atoms with Crippen LogP contribution in [-0.4, -0.2) is 29.9 Å². The van der Waals surface area contributed by atoms with Crippen molar-refractivity contribution in [2.75, 3.05) is 0 Å². The fourth-order valence-electron chi connectivity index (χ4n) is 7.12. The Balaban J connectivity index is 1.53. The zero-order valence-electron chi connectivity index (χ0n) is 26.5. The van der Waals surface area contributed by atoms with Gasteiger partial charge in [-0.25, -0.2) is 0 Å².